The van der Waals surface area contributed by atoms with E-state index in [2.05, 4.69) is 55.3 Å². The van der Waals surface area contributed by atoms with Crippen molar-refractivity contribution in [2.45, 2.75) is 45.6 Å². The summed E-state index contributed by atoms with van der Waals surface area (Å²) in [6.07, 6.45) is 2.53. The number of hydrogen-bond acceptors (Lipinski definition) is 2. The second-order valence-electron chi connectivity index (χ2n) is 5.57. The molecule has 2 rings (SSSR count). The molecule has 1 aliphatic rings. The Balaban J connectivity index is 1.93. The van der Waals surface area contributed by atoms with Crippen LogP contribution in [0.2, 0.25) is 0 Å². The number of anilines is 1. The number of nitrogens with one attached hydrogen (secondary N) is 1. The molecule has 0 saturated carbocycles. The molecule has 1 aromatic rings. The van der Waals surface area contributed by atoms with Crippen LogP contribution in [-0.2, 0) is 0 Å². The Kier molecular flexibility index (Phi) is 4.65. The molecule has 1 aliphatic heterocycles. The summed E-state index contributed by atoms with van der Waals surface area (Å²) in [6, 6.07) is 9.83. The van der Waals surface area contributed by atoms with Crippen molar-refractivity contribution in [2.24, 2.45) is 0 Å². The zero-order chi connectivity index (χ0) is 13.0. The van der Waals surface area contributed by atoms with Crippen LogP contribution in [0.15, 0.2) is 24.3 Å². The zero-order valence-electron chi connectivity index (χ0n) is 11.9. The average Bonchev–Trinajstić information content (AvgIpc) is 2.40. The fourth-order valence-electron chi connectivity index (χ4n) is 2.70. The summed E-state index contributed by atoms with van der Waals surface area (Å²) < 4.78 is 0. The van der Waals surface area contributed by atoms with Crippen molar-refractivity contribution >= 4 is 5.69 Å². The number of hydrogen-bond donors (Lipinski definition) is 1. The van der Waals surface area contributed by atoms with Crippen LogP contribution >= 0.6 is 0 Å². The highest BCUT2D eigenvalue weighted by Crippen LogP contribution is 2.23. The Morgan fingerprint density at radius 1 is 1.17 bits per heavy atom. The van der Waals surface area contributed by atoms with Crippen LogP contribution in [0.25, 0.3) is 0 Å². The molecule has 0 spiro atoms. The predicted molar refractivity (Wildman–Crippen MR) is 79.4 cm³/mol. The summed E-state index contributed by atoms with van der Waals surface area (Å²) in [6.45, 7) is 10.1. The van der Waals surface area contributed by atoms with Gasteiger partial charge in [-0.2, -0.15) is 0 Å². The lowest BCUT2D eigenvalue weighted by atomic mass is 10.0. The van der Waals surface area contributed by atoms with E-state index in [4.69, 9.17) is 0 Å². The molecule has 0 radical (unpaired) electrons. The van der Waals surface area contributed by atoms with Crippen LogP contribution in [0, 0.1) is 0 Å². The minimum absolute atomic E-state index is 0.624. The van der Waals surface area contributed by atoms with Gasteiger partial charge in [-0.15, -0.1) is 0 Å². The van der Waals surface area contributed by atoms with Crippen molar-refractivity contribution in [1.82, 2.24) is 5.32 Å². The first-order valence-electron chi connectivity index (χ1n) is 7.29. The third kappa shape index (κ3) is 3.26. The van der Waals surface area contributed by atoms with Crippen LogP contribution in [0.5, 0.6) is 0 Å². The Bertz CT molecular complexity index is 348. The minimum Gasteiger partial charge on any atom is -0.371 e. The van der Waals surface area contributed by atoms with Gasteiger partial charge in [0.05, 0.1) is 0 Å². The smallest absolute Gasteiger partial charge is 0.0366 e. The van der Waals surface area contributed by atoms with Gasteiger partial charge in [0.2, 0.25) is 0 Å². The van der Waals surface area contributed by atoms with Crippen LogP contribution in [0.1, 0.15) is 45.1 Å². The van der Waals surface area contributed by atoms with Gasteiger partial charge in [0, 0.05) is 24.8 Å². The molecule has 0 amide bonds. The maximum atomic E-state index is 3.55. The van der Waals surface area contributed by atoms with Crippen LogP contribution in [-0.4, -0.2) is 25.7 Å². The fourth-order valence-corrected chi connectivity index (χ4v) is 2.70. The van der Waals surface area contributed by atoms with Crippen molar-refractivity contribution in [1.29, 1.82) is 0 Å². The fraction of sp³-hybridized carbons (Fsp3) is 0.625. The van der Waals surface area contributed by atoms with Gasteiger partial charge < -0.3 is 10.2 Å². The lowest BCUT2D eigenvalue weighted by molar-refractivity contribution is 0.424. The van der Waals surface area contributed by atoms with Gasteiger partial charge in [-0.05, 0) is 43.0 Å². The molecule has 0 unspecified atom stereocenters. The molecule has 1 N–H and O–H groups in total. The van der Waals surface area contributed by atoms with Crippen LogP contribution in [0.4, 0.5) is 5.69 Å². The number of nitrogens with zero attached hydrogens (tertiary/aromatic N) is 1. The molecule has 1 fully saturated rings. The molecule has 0 atom stereocenters. The highest BCUT2D eigenvalue weighted by atomic mass is 15.1. The number of piperidine rings is 1. The van der Waals surface area contributed by atoms with Crippen molar-refractivity contribution in [3.05, 3.63) is 29.8 Å². The third-order valence-corrected chi connectivity index (χ3v) is 3.91. The van der Waals surface area contributed by atoms with Crippen molar-refractivity contribution in [3.63, 3.8) is 0 Å². The first kappa shape index (κ1) is 13.4. The zero-order valence-corrected chi connectivity index (χ0v) is 11.9. The molecule has 100 valence electrons. The molecule has 1 saturated heterocycles. The SMILES string of the molecule is CCNC1CCN(c2ccc(C(C)C)cc2)CC1. The summed E-state index contributed by atoms with van der Waals surface area (Å²) in [5.74, 6) is 0.624. The Morgan fingerprint density at radius 2 is 1.78 bits per heavy atom. The summed E-state index contributed by atoms with van der Waals surface area (Å²) in [5.41, 5.74) is 2.82. The van der Waals surface area contributed by atoms with Crippen LogP contribution < -0.4 is 10.2 Å². The lowest BCUT2D eigenvalue weighted by Gasteiger charge is -2.34. The Morgan fingerprint density at radius 3 is 2.28 bits per heavy atom. The van der Waals surface area contributed by atoms with Gasteiger partial charge in [-0.25, -0.2) is 0 Å². The van der Waals surface area contributed by atoms with E-state index >= 15 is 0 Å². The first-order valence-corrected chi connectivity index (χ1v) is 7.29. The van der Waals surface area contributed by atoms with Crippen molar-refractivity contribution in [3.8, 4) is 0 Å². The molecule has 1 heterocycles. The molecular formula is C16H26N2. The number of benzene rings is 1. The summed E-state index contributed by atoms with van der Waals surface area (Å²) in [5, 5.41) is 3.55. The summed E-state index contributed by atoms with van der Waals surface area (Å²) in [4.78, 5) is 2.51. The van der Waals surface area contributed by atoms with E-state index in [0.29, 0.717) is 5.92 Å². The van der Waals surface area contributed by atoms with Crippen molar-refractivity contribution in [2.75, 3.05) is 24.5 Å². The van der Waals surface area contributed by atoms with E-state index in [1.54, 1.807) is 0 Å². The normalized spacial score (nSPS) is 17.4. The molecule has 0 aliphatic carbocycles. The second kappa shape index (κ2) is 6.24. The van der Waals surface area contributed by atoms with Crippen LogP contribution in [0.3, 0.4) is 0 Å². The number of rotatable bonds is 4. The van der Waals surface area contributed by atoms with E-state index in [9.17, 15) is 0 Å². The highest BCUT2D eigenvalue weighted by Gasteiger charge is 2.18. The molecule has 2 nitrogen and oxygen atoms in total. The molecular weight excluding hydrogens is 220 g/mol. The van der Waals surface area contributed by atoms with E-state index in [-0.39, 0.29) is 0 Å². The van der Waals surface area contributed by atoms with Gasteiger partial charge in [-0.3, -0.25) is 0 Å². The first-order chi connectivity index (χ1) is 8.70. The maximum absolute atomic E-state index is 3.55. The average molecular weight is 246 g/mol. The Hall–Kier alpha value is -1.02. The molecule has 1 aromatic carbocycles. The summed E-state index contributed by atoms with van der Waals surface area (Å²) >= 11 is 0. The summed E-state index contributed by atoms with van der Waals surface area (Å²) in [7, 11) is 0. The van der Waals surface area contributed by atoms with Gasteiger partial charge in [0.25, 0.3) is 0 Å². The topological polar surface area (TPSA) is 15.3 Å². The largest absolute Gasteiger partial charge is 0.371 e. The van der Waals surface area contributed by atoms with E-state index in [1.807, 2.05) is 0 Å². The Labute approximate surface area is 111 Å². The van der Waals surface area contributed by atoms with E-state index in [0.717, 1.165) is 12.6 Å². The molecule has 18 heavy (non-hydrogen) atoms. The standard InChI is InChI=1S/C16H26N2/c1-4-17-15-9-11-18(12-10-15)16-7-5-14(6-8-16)13(2)3/h5-8,13,15,17H,4,9-12H2,1-3H3. The van der Waals surface area contributed by atoms with Gasteiger partial charge >= 0.3 is 0 Å². The van der Waals surface area contributed by atoms with Crippen molar-refractivity contribution < 1.29 is 0 Å². The lowest BCUT2D eigenvalue weighted by Crippen LogP contribution is -2.42. The van der Waals surface area contributed by atoms with Gasteiger partial charge in [-0.1, -0.05) is 32.9 Å². The minimum atomic E-state index is 0.624. The molecule has 0 aromatic heterocycles. The maximum Gasteiger partial charge on any atom is 0.0366 e. The van der Waals surface area contributed by atoms with E-state index < -0.39 is 0 Å². The molecule has 2 heteroatoms. The monoisotopic (exact) mass is 246 g/mol. The van der Waals surface area contributed by atoms with E-state index in [1.165, 1.54) is 37.2 Å². The third-order valence-electron chi connectivity index (χ3n) is 3.91. The van der Waals surface area contributed by atoms with Gasteiger partial charge in [0.15, 0.2) is 0 Å². The quantitative estimate of drug-likeness (QED) is 0.876. The molecule has 0 bridgehead atoms. The predicted octanol–water partition coefficient (Wildman–Crippen LogP) is 3.39. The second-order valence-corrected chi connectivity index (χ2v) is 5.57. The van der Waals surface area contributed by atoms with Gasteiger partial charge in [0.1, 0.15) is 0 Å². The highest BCUT2D eigenvalue weighted by molar-refractivity contribution is 5.48.